The number of ether oxygens (including phenoxy) is 2. The van der Waals surface area contributed by atoms with Crippen LogP contribution in [0.1, 0.15) is 6.92 Å². The Balaban J connectivity index is 2.78. The molecule has 0 spiro atoms. The molecule has 0 radical (unpaired) electrons. The van der Waals surface area contributed by atoms with E-state index in [1.165, 1.54) is 7.11 Å². The zero-order valence-electron chi connectivity index (χ0n) is 8.08. The Morgan fingerprint density at radius 3 is 2.43 bits per heavy atom. The van der Waals surface area contributed by atoms with Crippen LogP contribution in [0.3, 0.4) is 0 Å². The number of carbonyl (C=O) groups excluding carboxylic acids is 1. The molecule has 0 aromatic heterocycles. The zero-order valence-corrected chi connectivity index (χ0v) is 8.08. The maximum Gasteiger partial charge on any atom is 0.247 e. The Morgan fingerprint density at radius 2 is 2.00 bits per heavy atom. The molecule has 1 amide bonds. The van der Waals surface area contributed by atoms with Crippen LogP contribution >= 0.6 is 0 Å². The number of primary amides is 1. The molecule has 14 heavy (non-hydrogen) atoms. The van der Waals surface area contributed by atoms with Gasteiger partial charge >= 0.3 is 0 Å². The molecule has 1 fully saturated rings. The summed E-state index contributed by atoms with van der Waals surface area (Å²) in [5.74, 6) is -1.22. The second kappa shape index (κ2) is 4.22. The van der Waals surface area contributed by atoms with Gasteiger partial charge in [0.1, 0.15) is 12.2 Å². The molecule has 5 unspecified atom stereocenters. The minimum atomic E-state index is -1.16. The largest absolute Gasteiger partial charge is 0.390 e. The Labute approximate surface area is 81.6 Å². The third kappa shape index (κ3) is 1.88. The Morgan fingerprint density at radius 1 is 1.43 bits per heavy atom. The van der Waals surface area contributed by atoms with Gasteiger partial charge in [0, 0.05) is 13.0 Å². The SMILES string of the molecule is COC1OC(C(N)=O)C(C)C(O)C1O. The third-order valence-corrected chi connectivity index (χ3v) is 2.44. The summed E-state index contributed by atoms with van der Waals surface area (Å²) in [4.78, 5) is 10.9. The summed E-state index contributed by atoms with van der Waals surface area (Å²) in [5, 5.41) is 19.0. The average molecular weight is 205 g/mol. The molecule has 6 heteroatoms. The number of nitrogens with two attached hydrogens (primary N) is 1. The molecule has 0 aromatic carbocycles. The van der Waals surface area contributed by atoms with Crippen LogP contribution in [0.5, 0.6) is 0 Å². The molecular formula is C8H15NO5. The highest BCUT2D eigenvalue weighted by atomic mass is 16.7. The predicted octanol–water partition coefficient (Wildman–Crippen LogP) is -1.80. The highest BCUT2D eigenvalue weighted by Crippen LogP contribution is 2.25. The molecule has 4 N–H and O–H groups in total. The summed E-state index contributed by atoms with van der Waals surface area (Å²) >= 11 is 0. The second-order valence-corrected chi connectivity index (χ2v) is 3.40. The molecule has 1 aliphatic heterocycles. The summed E-state index contributed by atoms with van der Waals surface area (Å²) in [5.41, 5.74) is 5.07. The quantitative estimate of drug-likeness (QED) is 0.493. The van der Waals surface area contributed by atoms with Gasteiger partial charge in [-0.15, -0.1) is 0 Å². The van der Waals surface area contributed by atoms with Crippen LogP contribution < -0.4 is 5.73 Å². The maximum absolute atomic E-state index is 10.9. The number of hydrogen-bond acceptors (Lipinski definition) is 5. The van der Waals surface area contributed by atoms with E-state index in [0.717, 1.165) is 0 Å². The van der Waals surface area contributed by atoms with Crippen LogP contribution in [-0.4, -0.2) is 47.8 Å². The van der Waals surface area contributed by atoms with E-state index in [-0.39, 0.29) is 0 Å². The first-order valence-electron chi connectivity index (χ1n) is 4.32. The summed E-state index contributed by atoms with van der Waals surface area (Å²) in [7, 11) is 1.31. The zero-order chi connectivity index (χ0) is 10.9. The number of methoxy groups -OCH3 is 1. The van der Waals surface area contributed by atoms with Crippen molar-refractivity contribution in [2.45, 2.75) is 31.5 Å². The fourth-order valence-corrected chi connectivity index (χ4v) is 1.52. The van der Waals surface area contributed by atoms with E-state index in [1.807, 2.05) is 0 Å². The summed E-state index contributed by atoms with van der Waals surface area (Å²) in [6, 6.07) is 0. The first-order chi connectivity index (χ1) is 6.49. The molecule has 0 aliphatic carbocycles. The van der Waals surface area contributed by atoms with Crippen molar-refractivity contribution in [2.75, 3.05) is 7.11 Å². The normalized spacial score (nSPS) is 43.6. The number of aliphatic hydroxyl groups is 2. The lowest BCUT2D eigenvalue weighted by atomic mass is 9.90. The number of hydrogen-bond donors (Lipinski definition) is 3. The number of amides is 1. The Bertz CT molecular complexity index is 220. The van der Waals surface area contributed by atoms with Crippen LogP contribution in [0.15, 0.2) is 0 Å². The van der Waals surface area contributed by atoms with Crippen molar-refractivity contribution in [1.82, 2.24) is 0 Å². The molecule has 82 valence electrons. The molecule has 0 aromatic rings. The Hall–Kier alpha value is -0.690. The van der Waals surface area contributed by atoms with E-state index < -0.39 is 36.4 Å². The minimum absolute atomic E-state index is 0.547. The van der Waals surface area contributed by atoms with Crippen LogP contribution in [-0.2, 0) is 14.3 Å². The number of aliphatic hydroxyl groups excluding tert-OH is 2. The van der Waals surface area contributed by atoms with Crippen molar-refractivity contribution >= 4 is 5.91 Å². The van der Waals surface area contributed by atoms with Gasteiger partial charge in [0.15, 0.2) is 6.29 Å². The van der Waals surface area contributed by atoms with Gasteiger partial charge in [-0.1, -0.05) is 6.92 Å². The van der Waals surface area contributed by atoms with Gasteiger partial charge in [0.05, 0.1) is 6.10 Å². The maximum atomic E-state index is 10.9. The van der Waals surface area contributed by atoms with Gasteiger partial charge in [-0.2, -0.15) is 0 Å². The first kappa shape index (κ1) is 11.4. The first-order valence-corrected chi connectivity index (χ1v) is 4.32. The summed E-state index contributed by atoms with van der Waals surface area (Å²) < 4.78 is 9.85. The van der Waals surface area contributed by atoms with Gasteiger partial charge in [-0.25, -0.2) is 0 Å². The highest BCUT2D eigenvalue weighted by Gasteiger charge is 2.44. The lowest BCUT2D eigenvalue weighted by molar-refractivity contribution is -0.269. The van der Waals surface area contributed by atoms with E-state index >= 15 is 0 Å². The van der Waals surface area contributed by atoms with E-state index in [4.69, 9.17) is 15.2 Å². The average Bonchev–Trinajstić information content (AvgIpc) is 2.14. The van der Waals surface area contributed by atoms with Crippen LogP contribution in [0.4, 0.5) is 0 Å². The predicted molar refractivity (Wildman–Crippen MR) is 46.0 cm³/mol. The molecule has 0 bridgehead atoms. The van der Waals surface area contributed by atoms with Gasteiger partial charge in [0.2, 0.25) is 5.91 Å². The van der Waals surface area contributed by atoms with Crippen molar-refractivity contribution in [3.8, 4) is 0 Å². The van der Waals surface area contributed by atoms with E-state index in [9.17, 15) is 15.0 Å². The molecular weight excluding hydrogens is 190 g/mol. The van der Waals surface area contributed by atoms with Crippen molar-refractivity contribution in [1.29, 1.82) is 0 Å². The van der Waals surface area contributed by atoms with Crippen LogP contribution in [0, 0.1) is 5.92 Å². The second-order valence-electron chi connectivity index (χ2n) is 3.40. The summed E-state index contributed by atoms with van der Waals surface area (Å²) in [6.45, 7) is 1.58. The van der Waals surface area contributed by atoms with Crippen molar-refractivity contribution < 1.29 is 24.5 Å². The lowest BCUT2D eigenvalue weighted by Gasteiger charge is -2.39. The number of rotatable bonds is 2. The molecule has 1 aliphatic rings. The van der Waals surface area contributed by atoms with E-state index in [0.29, 0.717) is 0 Å². The summed E-state index contributed by atoms with van der Waals surface area (Å²) in [6.07, 6.45) is -4.19. The monoisotopic (exact) mass is 205 g/mol. The van der Waals surface area contributed by atoms with E-state index in [2.05, 4.69) is 0 Å². The lowest BCUT2D eigenvalue weighted by Crippen LogP contribution is -2.57. The van der Waals surface area contributed by atoms with Crippen molar-refractivity contribution in [3.63, 3.8) is 0 Å². The third-order valence-electron chi connectivity index (χ3n) is 2.44. The topological polar surface area (TPSA) is 102 Å². The van der Waals surface area contributed by atoms with Crippen LogP contribution in [0.2, 0.25) is 0 Å². The van der Waals surface area contributed by atoms with Gasteiger partial charge in [-0.05, 0) is 0 Å². The molecule has 6 nitrogen and oxygen atoms in total. The molecule has 0 saturated carbocycles. The number of carbonyl (C=O) groups is 1. The standard InChI is InChI=1S/C8H15NO5/c1-3-4(10)5(11)8(13-2)14-6(3)7(9)12/h3-6,8,10-11H,1-2H3,(H2,9,12). The molecule has 1 heterocycles. The molecule has 5 atom stereocenters. The smallest absolute Gasteiger partial charge is 0.247 e. The highest BCUT2D eigenvalue weighted by molar-refractivity contribution is 5.79. The fourth-order valence-electron chi connectivity index (χ4n) is 1.52. The fraction of sp³-hybridized carbons (Fsp3) is 0.875. The van der Waals surface area contributed by atoms with Gasteiger partial charge < -0.3 is 25.4 Å². The van der Waals surface area contributed by atoms with Gasteiger partial charge in [0.25, 0.3) is 0 Å². The Kier molecular flexibility index (Phi) is 3.43. The minimum Gasteiger partial charge on any atom is -0.390 e. The van der Waals surface area contributed by atoms with Gasteiger partial charge in [-0.3, -0.25) is 4.79 Å². The van der Waals surface area contributed by atoms with Crippen molar-refractivity contribution in [3.05, 3.63) is 0 Å². The van der Waals surface area contributed by atoms with E-state index in [1.54, 1.807) is 6.92 Å². The van der Waals surface area contributed by atoms with Crippen LogP contribution in [0.25, 0.3) is 0 Å². The molecule has 1 saturated heterocycles. The van der Waals surface area contributed by atoms with Crippen molar-refractivity contribution in [2.24, 2.45) is 11.7 Å². The molecule has 1 rings (SSSR count).